The Morgan fingerprint density at radius 3 is 1.73 bits per heavy atom. The van der Waals surface area contributed by atoms with E-state index in [1.165, 1.54) is 81.4 Å². The molecule has 2 nitrogen and oxygen atoms in total. The number of aromatic nitrogens is 1. The Hall–Kier alpha value is -6.90. The molecule has 0 saturated carbocycles. The van der Waals surface area contributed by atoms with Crippen LogP contribution in [0.15, 0.2) is 194 Å². The number of hydrogen-bond donors (Lipinski definition) is 0. The van der Waals surface area contributed by atoms with E-state index in [0.717, 1.165) is 17.1 Å². The normalized spacial score (nSPS) is 11.8. The number of hydrogen-bond acceptors (Lipinski definition) is 1. The molecule has 0 radical (unpaired) electrons. The summed E-state index contributed by atoms with van der Waals surface area (Å²) >= 11 is 0. The third-order valence-corrected chi connectivity index (χ3v) is 10.9. The minimum absolute atomic E-state index is 1.13. The van der Waals surface area contributed by atoms with E-state index in [1.807, 2.05) is 0 Å². The first kappa shape index (κ1) is 28.9. The Kier molecular flexibility index (Phi) is 6.28. The molecule has 1 heterocycles. The van der Waals surface area contributed by atoms with Crippen LogP contribution in [-0.4, -0.2) is 4.57 Å². The Morgan fingerprint density at radius 2 is 0.904 bits per heavy atom. The monoisotopic (exact) mass is 660 g/mol. The summed E-state index contributed by atoms with van der Waals surface area (Å²) in [5, 5.41) is 15.0. The first-order chi connectivity index (χ1) is 25.8. The maximum Gasteiger partial charge on any atom is 0.0547 e. The molecule has 0 aliphatic heterocycles. The maximum atomic E-state index is 2.44. The van der Waals surface area contributed by atoms with Gasteiger partial charge in [-0.3, -0.25) is 0 Å². The molecule has 0 fully saturated rings. The van der Waals surface area contributed by atoms with E-state index in [2.05, 4.69) is 204 Å². The number of anilines is 3. The average molecular weight is 661 g/mol. The zero-order valence-electron chi connectivity index (χ0n) is 28.4. The largest absolute Gasteiger partial charge is 0.310 e. The SMILES string of the molecule is c1ccc(N(c2ccc3c(c2)c2ccccc2c2cc4c(cc32)c2ccccc2n4-c2ccc3ccccc3c2)c2cccc3ccccc23)cc1. The van der Waals surface area contributed by atoms with Gasteiger partial charge in [-0.15, -0.1) is 0 Å². The molecule has 0 bridgehead atoms. The van der Waals surface area contributed by atoms with Gasteiger partial charge >= 0.3 is 0 Å². The fourth-order valence-corrected chi connectivity index (χ4v) is 8.54. The Bertz CT molecular complexity index is 3180. The molecule has 0 saturated heterocycles. The van der Waals surface area contributed by atoms with Crippen molar-refractivity contribution >= 4 is 92.7 Å². The van der Waals surface area contributed by atoms with Gasteiger partial charge in [-0.05, 0) is 109 Å². The lowest BCUT2D eigenvalue weighted by molar-refractivity contribution is 1.19. The quantitative estimate of drug-likeness (QED) is 0.171. The predicted octanol–water partition coefficient (Wildman–Crippen LogP) is 14.0. The van der Waals surface area contributed by atoms with E-state index in [0.29, 0.717) is 0 Å². The molecule has 1 aromatic heterocycles. The number of fused-ring (bicyclic) bond motifs is 11. The first-order valence-electron chi connectivity index (χ1n) is 17.9. The van der Waals surface area contributed by atoms with Crippen LogP contribution in [0.2, 0.25) is 0 Å². The molecule has 2 heteroatoms. The van der Waals surface area contributed by atoms with Gasteiger partial charge in [-0.25, -0.2) is 0 Å². The van der Waals surface area contributed by atoms with Gasteiger partial charge in [0.2, 0.25) is 0 Å². The van der Waals surface area contributed by atoms with Gasteiger partial charge in [-0.1, -0.05) is 133 Å². The van der Waals surface area contributed by atoms with Gasteiger partial charge in [0, 0.05) is 33.2 Å². The summed E-state index contributed by atoms with van der Waals surface area (Å²) in [7, 11) is 0. The van der Waals surface area contributed by atoms with Crippen LogP contribution in [0.5, 0.6) is 0 Å². The molecule has 11 rings (SSSR count). The summed E-state index contributed by atoms with van der Waals surface area (Å²) in [6.45, 7) is 0. The van der Waals surface area contributed by atoms with Gasteiger partial charge in [0.25, 0.3) is 0 Å². The molecule has 0 spiro atoms. The minimum Gasteiger partial charge on any atom is -0.310 e. The highest BCUT2D eigenvalue weighted by Crippen LogP contribution is 2.44. The molecular formula is C50H32N2. The Labute approximate surface area is 301 Å². The lowest BCUT2D eigenvalue weighted by Gasteiger charge is -2.27. The third-order valence-electron chi connectivity index (χ3n) is 10.9. The summed E-state index contributed by atoms with van der Waals surface area (Å²) in [6, 6.07) is 71.1. The predicted molar refractivity (Wildman–Crippen MR) is 223 cm³/mol. The summed E-state index contributed by atoms with van der Waals surface area (Å²) < 4.78 is 2.44. The summed E-state index contributed by atoms with van der Waals surface area (Å²) in [4.78, 5) is 2.40. The molecule has 10 aromatic carbocycles. The van der Waals surface area contributed by atoms with Gasteiger partial charge in [-0.2, -0.15) is 0 Å². The molecule has 0 atom stereocenters. The molecular weight excluding hydrogens is 629 g/mol. The van der Waals surface area contributed by atoms with E-state index in [4.69, 9.17) is 0 Å². The second-order valence-corrected chi connectivity index (χ2v) is 13.7. The van der Waals surface area contributed by atoms with Crippen LogP contribution in [0.25, 0.3) is 81.4 Å². The van der Waals surface area contributed by atoms with Crippen molar-refractivity contribution in [3.05, 3.63) is 194 Å². The maximum absolute atomic E-state index is 2.44. The van der Waals surface area contributed by atoms with Gasteiger partial charge < -0.3 is 9.47 Å². The molecule has 0 aliphatic rings. The Balaban J connectivity index is 1.21. The zero-order chi connectivity index (χ0) is 34.2. The third kappa shape index (κ3) is 4.31. The van der Waals surface area contributed by atoms with Crippen molar-refractivity contribution in [3.63, 3.8) is 0 Å². The zero-order valence-corrected chi connectivity index (χ0v) is 28.4. The summed E-state index contributed by atoms with van der Waals surface area (Å²) in [5.41, 5.74) is 7.04. The standard InChI is InChI=1S/C50H32N2/c1-2-17-36(18-3-1)51(48-24-12-16-34-14-6-7-19-39(34)48)38-27-28-42-44(30-38)40-20-8-9-21-41(40)46-32-50-47(31-45(42)46)43-22-10-11-23-49(43)52(50)37-26-25-33-13-4-5-15-35(33)29-37/h1-32H. The second kappa shape index (κ2) is 11.3. The molecule has 0 aliphatic carbocycles. The van der Waals surface area contributed by atoms with Crippen molar-refractivity contribution in [2.24, 2.45) is 0 Å². The lowest BCUT2D eigenvalue weighted by Crippen LogP contribution is -2.10. The van der Waals surface area contributed by atoms with Crippen molar-refractivity contribution in [2.45, 2.75) is 0 Å². The average Bonchev–Trinajstić information content (AvgIpc) is 3.54. The van der Waals surface area contributed by atoms with Crippen LogP contribution in [0.4, 0.5) is 17.1 Å². The van der Waals surface area contributed by atoms with E-state index in [9.17, 15) is 0 Å². The Morgan fingerprint density at radius 1 is 0.288 bits per heavy atom. The molecule has 11 aromatic rings. The number of para-hydroxylation sites is 2. The van der Waals surface area contributed by atoms with Gasteiger partial charge in [0.15, 0.2) is 0 Å². The van der Waals surface area contributed by atoms with Crippen molar-refractivity contribution in [2.75, 3.05) is 4.90 Å². The highest BCUT2D eigenvalue weighted by Gasteiger charge is 2.19. The van der Waals surface area contributed by atoms with Crippen molar-refractivity contribution < 1.29 is 0 Å². The fourth-order valence-electron chi connectivity index (χ4n) is 8.54. The molecule has 0 N–H and O–H groups in total. The van der Waals surface area contributed by atoms with Crippen molar-refractivity contribution in [1.82, 2.24) is 4.57 Å². The number of rotatable bonds is 4. The fraction of sp³-hybridized carbons (Fsp3) is 0. The van der Waals surface area contributed by atoms with Gasteiger partial charge in [0.1, 0.15) is 0 Å². The number of nitrogens with zero attached hydrogens (tertiary/aromatic N) is 2. The highest BCUT2D eigenvalue weighted by molar-refractivity contribution is 6.29. The van der Waals surface area contributed by atoms with Crippen molar-refractivity contribution in [3.8, 4) is 5.69 Å². The molecule has 0 unspecified atom stereocenters. The summed E-state index contributed by atoms with van der Waals surface area (Å²) in [5.74, 6) is 0. The van der Waals surface area contributed by atoms with Crippen LogP contribution in [0.3, 0.4) is 0 Å². The van der Waals surface area contributed by atoms with Crippen LogP contribution in [0, 0.1) is 0 Å². The van der Waals surface area contributed by atoms with E-state index >= 15 is 0 Å². The topological polar surface area (TPSA) is 8.17 Å². The molecule has 0 amide bonds. The minimum atomic E-state index is 1.13. The van der Waals surface area contributed by atoms with Crippen molar-refractivity contribution in [1.29, 1.82) is 0 Å². The van der Waals surface area contributed by atoms with E-state index in [-0.39, 0.29) is 0 Å². The van der Waals surface area contributed by atoms with Crippen LogP contribution in [-0.2, 0) is 0 Å². The van der Waals surface area contributed by atoms with Gasteiger partial charge in [0.05, 0.1) is 16.7 Å². The van der Waals surface area contributed by atoms with Crippen LogP contribution < -0.4 is 4.90 Å². The van der Waals surface area contributed by atoms with Crippen LogP contribution >= 0.6 is 0 Å². The highest BCUT2D eigenvalue weighted by atomic mass is 15.1. The molecule has 52 heavy (non-hydrogen) atoms. The second-order valence-electron chi connectivity index (χ2n) is 13.7. The molecule has 242 valence electrons. The summed E-state index contributed by atoms with van der Waals surface area (Å²) in [6.07, 6.45) is 0. The smallest absolute Gasteiger partial charge is 0.0547 e. The van der Waals surface area contributed by atoms with E-state index < -0.39 is 0 Å². The first-order valence-corrected chi connectivity index (χ1v) is 17.9. The lowest BCUT2D eigenvalue weighted by atomic mass is 9.92. The van der Waals surface area contributed by atoms with E-state index in [1.54, 1.807) is 0 Å². The number of benzene rings is 10. The van der Waals surface area contributed by atoms with Crippen LogP contribution in [0.1, 0.15) is 0 Å².